The van der Waals surface area contributed by atoms with E-state index in [9.17, 15) is 45.5 Å². The number of nitrogens with one attached hydrogen (secondary N) is 3. The number of fused-ring (bicyclic) bond motifs is 2. The van der Waals surface area contributed by atoms with Crippen LogP contribution in [0, 0.1) is 10.8 Å². The van der Waals surface area contributed by atoms with Crippen molar-refractivity contribution in [1.82, 2.24) is 29.3 Å². The Hall–Kier alpha value is -6.01. The number of carbonyl (C=O) groups is 4. The number of alkyl halides is 6. The molecule has 2 aromatic carbocycles. The molecule has 2 spiro atoms. The van der Waals surface area contributed by atoms with Gasteiger partial charge in [0, 0.05) is 31.7 Å². The van der Waals surface area contributed by atoms with E-state index >= 15 is 0 Å². The van der Waals surface area contributed by atoms with Crippen LogP contribution in [0.2, 0.25) is 0 Å². The summed E-state index contributed by atoms with van der Waals surface area (Å²) in [4.78, 5) is 59.2. The molecule has 4 aliphatic rings. The van der Waals surface area contributed by atoms with E-state index < -0.39 is 42.7 Å². The first kappa shape index (κ1) is 55.2. The largest absolute Gasteiger partial charge is 0.477 e. The number of hydrogen-bond donors (Lipinski definition) is 4. The Morgan fingerprint density at radius 3 is 1.51 bits per heavy atom. The molecule has 4 fully saturated rings. The third-order valence-corrected chi connectivity index (χ3v) is 16.9. The van der Waals surface area contributed by atoms with Crippen LogP contribution < -0.4 is 16.0 Å². The first-order valence-electron chi connectivity index (χ1n) is 23.8. The molecule has 0 atom stereocenters. The number of amides is 3. The van der Waals surface area contributed by atoms with Gasteiger partial charge >= 0.3 is 12.1 Å². The van der Waals surface area contributed by atoms with E-state index in [1.54, 1.807) is 4.90 Å². The zero-order valence-corrected chi connectivity index (χ0v) is 43.9. The van der Waals surface area contributed by atoms with E-state index in [1.165, 1.54) is 36.8 Å². The van der Waals surface area contributed by atoms with Crippen molar-refractivity contribution in [2.75, 3.05) is 36.8 Å². The van der Waals surface area contributed by atoms with Crippen LogP contribution in [0.15, 0.2) is 84.9 Å². The standard InChI is InChI=1S/C25H28F2N4O3S.C20H20F2N4OS.C6H4F2O2S.ClH/c1-24(2,3)34-23(33)30-11-10-25(14-30)12-15(13-25)31-17-7-5-4-6-16(17)28-22(31)29-21(32)19-9-8-18(35-19)20(26)27;21-17(22)15-5-6-16(28-15)18(27)25-19-24-13-3-1-2-4-14(13)26(19)12-9-20(10-12)7-8-23-11-20;7-5(8)3-1-2-4(11-3)6(9)10;/h4-9,15,20H,10-14H2,1-3H3,(H,28,29,32);1-6,12,17,23H,7-11H2,(H,24,25,27);1-2,5H,(H,9,10);1H. The molecule has 400 valence electrons. The van der Waals surface area contributed by atoms with Crippen LogP contribution in [0.4, 0.5) is 43.0 Å². The molecule has 2 saturated heterocycles. The molecule has 75 heavy (non-hydrogen) atoms. The van der Waals surface area contributed by atoms with Crippen molar-refractivity contribution in [3.8, 4) is 0 Å². The molecule has 5 aromatic heterocycles. The number of rotatable bonds is 10. The summed E-state index contributed by atoms with van der Waals surface area (Å²) in [7, 11) is 0. The Morgan fingerprint density at radius 2 is 1.11 bits per heavy atom. The van der Waals surface area contributed by atoms with Gasteiger partial charge in [-0.3, -0.25) is 20.2 Å². The van der Waals surface area contributed by atoms with E-state index in [0.29, 0.717) is 41.7 Å². The smallest absolute Gasteiger partial charge is 0.410 e. The first-order chi connectivity index (χ1) is 35.2. The third kappa shape index (κ3) is 12.2. The van der Waals surface area contributed by atoms with Crippen LogP contribution in [-0.2, 0) is 4.74 Å². The maximum absolute atomic E-state index is 13.0. The summed E-state index contributed by atoms with van der Waals surface area (Å²) in [5, 5.41) is 17.5. The molecule has 4 N–H and O–H groups in total. The highest BCUT2D eigenvalue weighted by atomic mass is 35.5. The second-order valence-corrected chi connectivity index (χ2v) is 23.4. The summed E-state index contributed by atoms with van der Waals surface area (Å²) in [6.45, 7) is 9.01. The zero-order valence-electron chi connectivity index (χ0n) is 40.7. The lowest BCUT2D eigenvalue weighted by atomic mass is 9.65. The number of nitrogens with zero attached hydrogens (tertiary/aromatic N) is 5. The summed E-state index contributed by atoms with van der Waals surface area (Å²) in [5.41, 5.74) is 3.32. The molecule has 24 heteroatoms. The molecule has 2 aliphatic heterocycles. The van der Waals surface area contributed by atoms with Crippen LogP contribution in [0.25, 0.3) is 22.1 Å². The number of para-hydroxylation sites is 4. The van der Waals surface area contributed by atoms with Gasteiger partial charge in [-0.15, -0.1) is 46.4 Å². The summed E-state index contributed by atoms with van der Waals surface area (Å²) >= 11 is 2.20. The summed E-state index contributed by atoms with van der Waals surface area (Å²) < 4.78 is 85.0. The molecule has 3 amide bonds. The van der Waals surface area contributed by atoms with Gasteiger partial charge in [-0.1, -0.05) is 24.3 Å². The minimum absolute atomic E-state index is 0. The van der Waals surface area contributed by atoms with Gasteiger partial charge in [0.15, 0.2) is 0 Å². The molecule has 7 heterocycles. The topological polar surface area (TPSA) is 173 Å². The molecule has 7 aromatic rings. The summed E-state index contributed by atoms with van der Waals surface area (Å²) in [6, 6.07) is 23.6. The van der Waals surface area contributed by atoms with Crippen molar-refractivity contribution < 1.29 is 55.4 Å². The van der Waals surface area contributed by atoms with Crippen LogP contribution in [0.3, 0.4) is 0 Å². The lowest BCUT2D eigenvalue weighted by molar-refractivity contribution is 0.0199. The third-order valence-electron chi connectivity index (χ3n) is 13.7. The highest BCUT2D eigenvalue weighted by Gasteiger charge is 2.52. The number of aromatic carboxylic acids is 1. The molecular weight excluding hydrogens is 1070 g/mol. The molecule has 0 unspecified atom stereocenters. The predicted molar refractivity (Wildman–Crippen MR) is 279 cm³/mol. The van der Waals surface area contributed by atoms with Gasteiger partial charge < -0.3 is 29.2 Å². The van der Waals surface area contributed by atoms with Crippen molar-refractivity contribution in [3.63, 3.8) is 0 Å². The van der Waals surface area contributed by atoms with Gasteiger partial charge in [-0.2, -0.15) is 0 Å². The number of anilines is 2. The van der Waals surface area contributed by atoms with Crippen molar-refractivity contribution in [1.29, 1.82) is 0 Å². The molecule has 11 rings (SSSR count). The summed E-state index contributed by atoms with van der Waals surface area (Å²) in [5.74, 6) is -1.12. The number of halogens is 7. The average Bonchev–Trinajstić information content (AvgIpc) is 4.19. The highest BCUT2D eigenvalue weighted by Crippen LogP contribution is 2.56. The minimum atomic E-state index is -2.61. The Bertz CT molecular complexity index is 3180. The molecule has 2 saturated carbocycles. The second kappa shape index (κ2) is 22.3. The highest BCUT2D eigenvalue weighted by molar-refractivity contribution is 7.14. The number of likely N-dealkylation sites (tertiary alicyclic amines) is 1. The van der Waals surface area contributed by atoms with Crippen molar-refractivity contribution in [3.05, 3.63) is 114 Å². The fraction of sp³-hybridized carbons (Fsp3) is 0.412. The SMILES string of the molecule is CC(C)(C)OC(=O)N1CCC2(CC(n3c(NC(=O)c4ccc(C(F)F)s4)nc4ccccc43)C2)C1.Cl.O=C(Nc1nc2ccccc2n1C1CC2(CCNC2)C1)c1ccc(C(F)F)s1.O=C(O)c1ccc(C(F)F)s1. The van der Waals surface area contributed by atoms with Gasteiger partial charge in [-0.05, 0) is 137 Å². The number of carboxylic acid groups (broad SMARTS) is 1. The number of hydrogen-bond acceptors (Lipinski definition) is 11. The molecular formula is C51H53ClF6N8O6S3. The van der Waals surface area contributed by atoms with E-state index in [0.717, 1.165) is 96.0 Å². The monoisotopic (exact) mass is 1120 g/mol. The van der Waals surface area contributed by atoms with E-state index in [1.807, 2.05) is 73.9 Å². The average molecular weight is 1120 g/mol. The Balaban J connectivity index is 0.000000167. The lowest BCUT2D eigenvalue weighted by Crippen LogP contribution is -2.43. The van der Waals surface area contributed by atoms with Gasteiger partial charge in [0.2, 0.25) is 11.9 Å². The Kier molecular flexibility index (Phi) is 16.4. The van der Waals surface area contributed by atoms with E-state index in [4.69, 9.17) is 9.84 Å². The Morgan fingerprint density at radius 1 is 0.667 bits per heavy atom. The number of benzene rings is 2. The number of carbonyl (C=O) groups excluding carboxylic acids is 3. The molecule has 0 bridgehead atoms. The van der Waals surface area contributed by atoms with Crippen LogP contribution in [0.5, 0.6) is 0 Å². The minimum Gasteiger partial charge on any atom is -0.477 e. The van der Waals surface area contributed by atoms with Crippen molar-refractivity contribution in [2.45, 2.75) is 96.3 Å². The quantitative estimate of drug-likeness (QED) is 0.0973. The van der Waals surface area contributed by atoms with Gasteiger partial charge in [0.25, 0.3) is 31.1 Å². The van der Waals surface area contributed by atoms with Gasteiger partial charge in [0.05, 0.1) is 46.5 Å². The number of carboxylic acids is 1. The Labute approximate surface area is 444 Å². The van der Waals surface area contributed by atoms with Crippen molar-refractivity contribution >= 4 is 104 Å². The molecule has 14 nitrogen and oxygen atoms in total. The normalized spacial score (nSPS) is 20.9. The fourth-order valence-corrected chi connectivity index (χ4v) is 12.5. The van der Waals surface area contributed by atoms with Crippen molar-refractivity contribution in [2.24, 2.45) is 10.8 Å². The maximum atomic E-state index is 13.0. The van der Waals surface area contributed by atoms with Crippen LogP contribution >= 0.6 is 46.4 Å². The number of aromatic nitrogens is 4. The fourth-order valence-electron chi connectivity index (χ4n) is 10.2. The van der Waals surface area contributed by atoms with Gasteiger partial charge in [-0.25, -0.2) is 45.9 Å². The second-order valence-electron chi connectivity index (χ2n) is 20.0. The predicted octanol–water partition coefficient (Wildman–Crippen LogP) is 13.7. The number of thiophene rings is 3. The number of imidazole rings is 2. The number of ether oxygens (including phenoxy) is 1. The van der Waals surface area contributed by atoms with Crippen LogP contribution in [-0.4, -0.2) is 84.8 Å². The van der Waals surface area contributed by atoms with E-state index in [2.05, 4.69) is 30.5 Å². The maximum Gasteiger partial charge on any atom is 0.410 e. The molecule has 2 aliphatic carbocycles. The van der Waals surface area contributed by atoms with Crippen LogP contribution in [0.1, 0.15) is 134 Å². The molecule has 0 radical (unpaired) electrons. The summed E-state index contributed by atoms with van der Waals surface area (Å²) in [6.07, 6.45) is -2.13. The van der Waals surface area contributed by atoms with Gasteiger partial charge in [0.1, 0.15) is 10.5 Å². The van der Waals surface area contributed by atoms with E-state index in [-0.39, 0.29) is 65.3 Å². The zero-order chi connectivity index (χ0) is 52.7. The first-order valence-corrected chi connectivity index (χ1v) is 26.3. The lowest BCUT2D eigenvalue weighted by Gasteiger charge is -2.46.